The van der Waals surface area contributed by atoms with Crippen molar-refractivity contribution in [3.63, 3.8) is 0 Å². The number of hydrogen-bond acceptors (Lipinski definition) is 4. The largest absolute Gasteiger partial charge is 0.295 e. The number of carbonyl (C=O) groups excluding carboxylic acids is 1. The van der Waals surface area contributed by atoms with Crippen LogP contribution in [0.1, 0.15) is 48.0 Å². The molecule has 0 aliphatic carbocycles. The molecular weight excluding hydrogens is 400 g/mol. The number of imidazole rings is 1. The van der Waals surface area contributed by atoms with E-state index in [1.807, 2.05) is 42.5 Å². The lowest BCUT2D eigenvalue weighted by Gasteiger charge is -2.22. The Labute approximate surface area is 177 Å². The number of carbonyl (C=O) groups is 1. The summed E-state index contributed by atoms with van der Waals surface area (Å²) in [6.07, 6.45) is 2.88. The first-order valence-corrected chi connectivity index (χ1v) is 11.0. The van der Waals surface area contributed by atoms with Crippen molar-refractivity contribution in [3.05, 3.63) is 77.4 Å². The number of aryl methyl sites for hydroxylation is 2. The smallest absolute Gasteiger partial charge is 0.284 e. The van der Waals surface area contributed by atoms with E-state index < -0.39 is 15.9 Å². The van der Waals surface area contributed by atoms with Gasteiger partial charge in [0.25, 0.3) is 15.9 Å². The van der Waals surface area contributed by atoms with Crippen molar-refractivity contribution in [2.75, 3.05) is 0 Å². The minimum absolute atomic E-state index is 0.102. The first-order valence-electron chi connectivity index (χ1n) is 9.52. The molecule has 0 aliphatic heterocycles. The Kier molecular flexibility index (Phi) is 5.83. The van der Waals surface area contributed by atoms with E-state index in [9.17, 15) is 13.2 Å². The summed E-state index contributed by atoms with van der Waals surface area (Å²) in [7, 11) is -3.96. The third kappa shape index (κ3) is 4.44. The predicted molar refractivity (Wildman–Crippen MR) is 116 cm³/mol. The molecule has 0 spiro atoms. The number of para-hydroxylation sites is 1. The summed E-state index contributed by atoms with van der Waals surface area (Å²) in [6, 6.07) is 12.9. The number of hydrazine groups is 1. The average molecular weight is 427 g/mol. The topological polar surface area (TPSA) is 93.1 Å². The molecule has 0 atom stereocenters. The molecule has 2 aromatic carbocycles. The zero-order valence-corrected chi connectivity index (χ0v) is 18.5. The van der Waals surface area contributed by atoms with E-state index in [0.29, 0.717) is 11.1 Å². The zero-order chi connectivity index (χ0) is 22.1. The summed E-state index contributed by atoms with van der Waals surface area (Å²) >= 11 is 0. The van der Waals surface area contributed by atoms with E-state index in [0.717, 1.165) is 11.3 Å². The van der Waals surface area contributed by atoms with Gasteiger partial charge in [-0.3, -0.25) is 14.8 Å². The maximum atomic E-state index is 12.9. The second-order valence-electron chi connectivity index (χ2n) is 8.23. The molecule has 7 nitrogen and oxygen atoms in total. The van der Waals surface area contributed by atoms with E-state index in [1.165, 1.54) is 12.5 Å². The first-order chi connectivity index (χ1) is 14.0. The SMILES string of the molecule is Cc1cc(C(C)(C)C)cc(C)c1S(=O)(=O)NNC(=O)c1cncn1-c1ccccc1. The zero-order valence-electron chi connectivity index (χ0n) is 17.7. The van der Waals surface area contributed by atoms with Crippen molar-refractivity contribution in [3.8, 4) is 5.69 Å². The highest BCUT2D eigenvalue weighted by Gasteiger charge is 2.24. The van der Waals surface area contributed by atoms with Crippen LogP contribution < -0.4 is 10.3 Å². The molecule has 0 bridgehead atoms. The third-order valence-corrected chi connectivity index (χ3v) is 6.35. The Hall–Kier alpha value is -2.97. The molecule has 0 fully saturated rings. The minimum atomic E-state index is -3.96. The van der Waals surface area contributed by atoms with Gasteiger partial charge in [-0.15, -0.1) is 4.83 Å². The van der Waals surface area contributed by atoms with E-state index in [-0.39, 0.29) is 16.0 Å². The Morgan fingerprint density at radius 2 is 1.63 bits per heavy atom. The van der Waals surface area contributed by atoms with Crippen molar-refractivity contribution >= 4 is 15.9 Å². The van der Waals surface area contributed by atoms with Crippen LogP contribution in [0.2, 0.25) is 0 Å². The summed E-state index contributed by atoms with van der Waals surface area (Å²) in [4.78, 5) is 19.0. The lowest BCUT2D eigenvalue weighted by atomic mass is 9.85. The van der Waals surface area contributed by atoms with E-state index in [1.54, 1.807) is 18.4 Å². The molecule has 3 rings (SSSR count). The Morgan fingerprint density at radius 1 is 1.03 bits per heavy atom. The molecule has 8 heteroatoms. The van der Waals surface area contributed by atoms with Crippen molar-refractivity contribution < 1.29 is 13.2 Å². The van der Waals surface area contributed by atoms with Gasteiger partial charge in [0.05, 0.1) is 17.4 Å². The van der Waals surface area contributed by atoms with Crippen LogP contribution in [0.3, 0.4) is 0 Å². The van der Waals surface area contributed by atoms with Gasteiger partial charge in [0, 0.05) is 5.69 Å². The molecule has 0 aliphatic rings. The molecule has 1 amide bonds. The fourth-order valence-corrected chi connectivity index (χ4v) is 4.59. The fraction of sp³-hybridized carbons (Fsp3) is 0.273. The normalized spacial score (nSPS) is 12.0. The fourth-order valence-electron chi connectivity index (χ4n) is 3.29. The molecule has 2 N–H and O–H groups in total. The van der Waals surface area contributed by atoms with Gasteiger partial charge in [-0.25, -0.2) is 13.4 Å². The monoisotopic (exact) mass is 426 g/mol. The number of nitrogens with one attached hydrogen (secondary N) is 2. The van der Waals surface area contributed by atoms with Gasteiger partial charge in [-0.1, -0.05) is 51.1 Å². The van der Waals surface area contributed by atoms with Crippen LogP contribution in [-0.2, 0) is 15.4 Å². The van der Waals surface area contributed by atoms with Crippen molar-refractivity contribution in [1.82, 2.24) is 19.8 Å². The summed E-state index contributed by atoms with van der Waals surface area (Å²) < 4.78 is 27.4. The summed E-state index contributed by atoms with van der Waals surface area (Å²) in [5, 5.41) is 0. The third-order valence-electron chi connectivity index (χ3n) is 4.80. The number of hydrogen-bond donors (Lipinski definition) is 2. The van der Waals surface area contributed by atoms with E-state index >= 15 is 0 Å². The number of rotatable bonds is 5. The van der Waals surface area contributed by atoms with Crippen LogP contribution in [0.5, 0.6) is 0 Å². The number of sulfonamides is 1. The molecule has 1 aromatic heterocycles. The highest BCUT2D eigenvalue weighted by atomic mass is 32.2. The number of aromatic nitrogens is 2. The van der Waals surface area contributed by atoms with Crippen LogP contribution >= 0.6 is 0 Å². The van der Waals surface area contributed by atoms with Crippen LogP contribution in [0.25, 0.3) is 5.69 Å². The highest BCUT2D eigenvalue weighted by Crippen LogP contribution is 2.29. The minimum Gasteiger partial charge on any atom is -0.295 e. The van der Waals surface area contributed by atoms with E-state index in [4.69, 9.17) is 0 Å². The number of benzene rings is 2. The second-order valence-corrected chi connectivity index (χ2v) is 9.85. The van der Waals surface area contributed by atoms with Crippen LogP contribution in [0.4, 0.5) is 0 Å². The van der Waals surface area contributed by atoms with Crippen LogP contribution in [-0.4, -0.2) is 23.9 Å². The molecule has 0 saturated heterocycles. The summed E-state index contributed by atoms with van der Waals surface area (Å²) in [5.41, 5.74) is 5.44. The van der Waals surface area contributed by atoms with Crippen molar-refractivity contribution in [2.45, 2.75) is 44.9 Å². The van der Waals surface area contributed by atoms with E-state index in [2.05, 4.69) is 36.0 Å². The average Bonchev–Trinajstić information content (AvgIpc) is 3.15. The highest BCUT2D eigenvalue weighted by molar-refractivity contribution is 7.89. The molecular formula is C22H26N4O3S. The molecule has 1 heterocycles. The molecule has 3 aromatic rings. The first kappa shape index (κ1) is 21.7. The van der Waals surface area contributed by atoms with Gasteiger partial charge in [0.15, 0.2) is 0 Å². The quantitative estimate of drug-likeness (QED) is 0.612. The molecule has 0 saturated carbocycles. The Morgan fingerprint density at radius 3 is 2.20 bits per heavy atom. The molecule has 0 radical (unpaired) electrons. The van der Waals surface area contributed by atoms with Crippen molar-refractivity contribution in [1.29, 1.82) is 0 Å². The number of amides is 1. The molecule has 30 heavy (non-hydrogen) atoms. The van der Waals surface area contributed by atoms with Crippen molar-refractivity contribution in [2.24, 2.45) is 0 Å². The maximum absolute atomic E-state index is 12.9. The predicted octanol–water partition coefficient (Wildman–Crippen LogP) is 3.41. The Balaban J connectivity index is 1.83. The van der Waals surface area contributed by atoms with Gasteiger partial charge in [-0.05, 0) is 48.1 Å². The van der Waals surface area contributed by atoms with Gasteiger partial charge < -0.3 is 0 Å². The van der Waals surface area contributed by atoms with Gasteiger partial charge in [0.1, 0.15) is 5.69 Å². The molecule has 158 valence electrons. The Bertz CT molecular complexity index is 1150. The standard InChI is InChI=1S/C22H26N4O3S/c1-15-11-17(22(3,4)5)12-16(2)20(15)30(28,29)25-24-21(27)19-13-23-14-26(19)18-9-7-6-8-10-18/h6-14,25H,1-5H3,(H,24,27). The lowest BCUT2D eigenvalue weighted by Crippen LogP contribution is -2.42. The van der Waals surface area contributed by atoms with Crippen LogP contribution in [0, 0.1) is 13.8 Å². The summed E-state index contributed by atoms with van der Waals surface area (Å²) in [6.45, 7) is 9.73. The van der Waals surface area contributed by atoms with Gasteiger partial charge in [-0.2, -0.15) is 0 Å². The number of nitrogens with zero attached hydrogens (tertiary/aromatic N) is 2. The van der Waals surface area contributed by atoms with Crippen LogP contribution in [0.15, 0.2) is 59.9 Å². The molecule has 0 unspecified atom stereocenters. The second kappa shape index (κ2) is 8.04. The van der Waals surface area contributed by atoms with Gasteiger partial charge in [0.2, 0.25) is 0 Å². The lowest BCUT2D eigenvalue weighted by molar-refractivity contribution is 0.0938. The maximum Gasteiger partial charge on any atom is 0.284 e. The van der Waals surface area contributed by atoms with Gasteiger partial charge >= 0.3 is 0 Å². The summed E-state index contributed by atoms with van der Waals surface area (Å²) in [5.74, 6) is -0.610.